The Kier molecular flexibility index (Phi) is 5.21. The summed E-state index contributed by atoms with van der Waals surface area (Å²) in [6, 6.07) is 10.4. The van der Waals surface area contributed by atoms with Gasteiger partial charge in [0, 0.05) is 38.3 Å². The van der Waals surface area contributed by atoms with Crippen LogP contribution in [0.3, 0.4) is 0 Å². The molecule has 1 aliphatic heterocycles. The van der Waals surface area contributed by atoms with Crippen LogP contribution in [0.4, 0.5) is 5.69 Å². The maximum Gasteiger partial charge on any atom is 0.222 e. The molecule has 0 radical (unpaired) electrons. The molecule has 2 N–H and O–H groups in total. The van der Waals surface area contributed by atoms with E-state index in [1.807, 2.05) is 11.0 Å². The number of hydrogen-bond acceptors (Lipinski definition) is 3. The van der Waals surface area contributed by atoms with Crippen LogP contribution in [0.5, 0.6) is 0 Å². The van der Waals surface area contributed by atoms with Crippen molar-refractivity contribution in [1.82, 2.24) is 4.90 Å². The highest BCUT2D eigenvalue weighted by Crippen LogP contribution is 2.16. The molecule has 1 aromatic rings. The van der Waals surface area contributed by atoms with E-state index in [-0.39, 0.29) is 5.91 Å². The number of anilines is 1. The van der Waals surface area contributed by atoms with Gasteiger partial charge in [0.15, 0.2) is 0 Å². The molecule has 2 rings (SSSR count). The number of benzene rings is 1. The van der Waals surface area contributed by atoms with E-state index in [0.29, 0.717) is 13.0 Å². The third-order valence-electron chi connectivity index (χ3n) is 3.56. The topological polar surface area (TPSA) is 49.6 Å². The largest absolute Gasteiger partial charge is 0.370 e. The van der Waals surface area contributed by atoms with E-state index < -0.39 is 0 Å². The minimum Gasteiger partial charge on any atom is -0.370 e. The molecule has 0 aromatic heterocycles. The van der Waals surface area contributed by atoms with E-state index >= 15 is 0 Å². The zero-order chi connectivity index (χ0) is 13.5. The Morgan fingerprint density at radius 3 is 2.63 bits per heavy atom. The fourth-order valence-corrected chi connectivity index (χ4v) is 2.48. The molecule has 1 heterocycles. The minimum absolute atomic E-state index is 0.250. The first-order valence-corrected chi connectivity index (χ1v) is 7.09. The highest BCUT2D eigenvalue weighted by atomic mass is 16.2. The molecule has 104 valence electrons. The molecule has 0 aliphatic carbocycles. The number of para-hydroxylation sites is 1. The summed E-state index contributed by atoms with van der Waals surface area (Å²) in [7, 11) is 0. The van der Waals surface area contributed by atoms with E-state index in [1.165, 1.54) is 5.69 Å². The molecule has 4 nitrogen and oxygen atoms in total. The molecular weight excluding hydrogens is 238 g/mol. The van der Waals surface area contributed by atoms with E-state index in [0.717, 1.165) is 39.0 Å². The minimum atomic E-state index is 0.250. The lowest BCUT2D eigenvalue weighted by molar-refractivity contribution is -0.131. The van der Waals surface area contributed by atoms with E-state index in [4.69, 9.17) is 5.73 Å². The number of hydrogen-bond donors (Lipinski definition) is 1. The molecular formula is C15H23N3O. The first-order valence-electron chi connectivity index (χ1n) is 7.09. The summed E-state index contributed by atoms with van der Waals surface area (Å²) >= 11 is 0. The van der Waals surface area contributed by atoms with Gasteiger partial charge in [-0.2, -0.15) is 0 Å². The standard InChI is InChI=1S/C15H23N3O/c16-9-4-8-15(19)18-11-5-10-17(12-13-18)14-6-2-1-3-7-14/h1-3,6-7H,4-5,8-13,16H2. The van der Waals surface area contributed by atoms with Crippen LogP contribution in [0.15, 0.2) is 30.3 Å². The number of nitrogens with zero attached hydrogens (tertiary/aromatic N) is 2. The summed E-state index contributed by atoms with van der Waals surface area (Å²) in [5, 5.41) is 0. The van der Waals surface area contributed by atoms with Gasteiger partial charge in [-0.25, -0.2) is 0 Å². The zero-order valence-corrected chi connectivity index (χ0v) is 11.4. The zero-order valence-electron chi connectivity index (χ0n) is 11.4. The Bertz CT molecular complexity index is 394. The number of carbonyl (C=O) groups excluding carboxylic acids is 1. The lowest BCUT2D eigenvalue weighted by atomic mass is 10.2. The van der Waals surface area contributed by atoms with Crippen LogP contribution in [0.25, 0.3) is 0 Å². The summed E-state index contributed by atoms with van der Waals surface area (Å²) in [4.78, 5) is 16.3. The fraction of sp³-hybridized carbons (Fsp3) is 0.533. The van der Waals surface area contributed by atoms with Crippen molar-refractivity contribution in [2.75, 3.05) is 37.6 Å². The van der Waals surface area contributed by atoms with Crippen LogP contribution in [0.1, 0.15) is 19.3 Å². The van der Waals surface area contributed by atoms with Gasteiger partial charge in [-0.1, -0.05) is 18.2 Å². The van der Waals surface area contributed by atoms with Crippen molar-refractivity contribution < 1.29 is 4.79 Å². The molecule has 19 heavy (non-hydrogen) atoms. The third kappa shape index (κ3) is 3.96. The molecule has 1 saturated heterocycles. The Morgan fingerprint density at radius 2 is 1.89 bits per heavy atom. The molecule has 0 spiro atoms. The highest BCUT2D eigenvalue weighted by Gasteiger charge is 2.18. The maximum atomic E-state index is 12.0. The lowest BCUT2D eigenvalue weighted by Crippen LogP contribution is -2.35. The predicted molar refractivity (Wildman–Crippen MR) is 78.1 cm³/mol. The van der Waals surface area contributed by atoms with E-state index in [1.54, 1.807) is 0 Å². The molecule has 1 fully saturated rings. The number of rotatable bonds is 4. The molecule has 0 saturated carbocycles. The number of nitrogens with two attached hydrogens (primary N) is 1. The van der Waals surface area contributed by atoms with Gasteiger partial charge in [0.05, 0.1) is 0 Å². The smallest absolute Gasteiger partial charge is 0.222 e. The second-order valence-corrected chi connectivity index (χ2v) is 4.95. The normalized spacial score (nSPS) is 16.3. The van der Waals surface area contributed by atoms with E-state index in [9.17, 15) is 4.79 Å². The van der Waals surface area contributed by atoms with Crippen LogP contribution in [-0.2, 0) is 4.79 Å². The Hall–Kier alpha value is -1.55. The van der Waals surface area contributed by atoms with Crippen molar-refractivity contribution in [1.29, 1.82) is 0 Å². The van der Waals surface area contributed by atoms with E-state index in [2.05, 4.69) is 29.2 Å². The van der Waals surface area contributed by atoms with Crippen molar-refractivity contribution in [3.05, 3.63) is 30.3 Å². The summed E-state index contributed by atoms with van der Waals surface area (Å²) < 4.78 is 0. The SMILES string of the molecule is NCCCC(=O)N1CCCN(c2ccccc2)CC1. The Balaban J connectivity index is 1.89. The molecule has 4 heteroatoms. The van der Waals surface area contributed by atoms with Crippen LogP contribution in [-0.4, -0.2) is 43.5 Å². The lowest BCUT2D eigenvalue weighted by Gasteiger charge is -2.23. The summed E-state index contributed by atoms with van der Waals surface area (Å²) in [6.45, 7) is 4.21. The molecule has 0 bridgehead atoms. The molecule has 1 aromatic carbocycles. The molecule has 1 amide bonds. The summed E-state index contributed by atoms with van der Waals surface area (Å²) in [5.74, 6) is 0.250. The quantitative estimate of drug-likeness (QED) is 0.893. The van der Waals surface area contributed by atoms with Gasteiger partial charge in [0.1, 0.15) is 0 Å². The highest BCUT2D eigenvalue weighted by molar-refractivity contribution is 5.76. The summed E-state index contributed by atoms with van der Waals surface area (Å²) in [5.41, 5.74) is 6.71. The van der Waals surface area contributed by atoms with Gasteiger partial charge in [-0.15, -0.1) is 0 Å². The first-order chi connectivity index (χ1) is 9.31. The average molecular weight is 261 g/mol. The summed E-state index contributed by atoms with van der Waals surface area (Å²) in [6.07, 6.45) is 2.41. The van der Waals surface area contributed by atoms with Crippen molar-refractivity contribution in [3.63, 3.8) is 0 Å². The fourth-order valence-electron chi connectivity index (χ4n) is 2.48. The van der Waals surface area contributed by atoms with Crippen LogP contribution in [0.2, 0.25) is 0 Å². The predicted octanol–water partition coefficient (Wildman–Crippen LogP) is 1.46. The van der Waals surface area contributed by atoms with Crippen LogP contribution >= 0.6 is 0 Å². The molecule has 0 atom stereocenters. The van der Waals surface area contributed by atoms with Gasteiger partial charge in [-0.05, 0) is 31.5 Å². The first kappa shape index (κ1) is 13.9. The third-order valence-corrected chi connectivity index (χ3v) is 3.56. The molecule has 1 aliphatic rings. The van der Waals surface area contributed by atoms with Gasteiger partial charge in [0.2, 0.25) is 5.91 Å². The van der Waals surface area contributed by atoms with Gasteiger partial charge in [-0.3, -0.25) is 4.79 Å². The van der Waals surface area contributed by atoms with Crippen molar-refractivity contribution in [2.24, 2.45) is 5.73 Å². The second kappa shape index (κ2) is 7.14. The Labute approximate surface area is 115 Å². The van der Waals surface area contributed by atoms with Crippen LogP contribution in [0, 0.1) is 0 Å². The van der Waals surface area contributed by atoms with Gasteiger partial charge in [0.25, 0.3) is 0 Å². The second-order valence-electron chi connectivity index (χ2n) is 4.95. The van der Waals surface area contributed by atoms with Crippen molar-refractivity contribution in [2.45, 2.75) is 19.3 Å². The van der Waals surface area contributed by atoms with Crippen molar-refractivity contribution in [3.8, 4) is 0 Å². The average Bonchev–Trinajstić information content (AvgIpc) is 2.71. The Morgan fingerprint density at radius 1 is 1.11 bits per heavy atom. The van der Waals surface area contributed by atoms with Gasteiger partial charge >= 0.3 is 0 Å². The van der Waals surface area contributed by atoms with Crippen molar-refractivity contribution >= 4 is 11.6 Å². The monoisotopic (exact) mass is 261 g/mol. The van der Waals surface area contributed by atoms with Gasteiger partial charge < -0.3 is 15.5 Å². The molecule has 0 unspecified atom stereocenters. The van der Waals surface area contributed by atoms with Crippen LogP contribution < -0.4 is 10.6 Å². The maximum absolute atomic E-state index is 12.0. The number of carbonyl (C=O) groups is 1. The number of amides is 1.